The molecule has 234 valence electrons. The molecule has 1 aliphatic rings. The van der Waals surface area contributed by atoms with Crippen LogP contribution in [-0.2, 0) is 13.0 Å². The Kier molecular flexibility index (Phi) is 11.6. The van der Waals surface area contributed by atoms with Gasteiger partial charge in [-0.15, -0.1) is 17.0 Å². The number of rotatable bonds is 10. The largest absolute Gasteiger partial charge is 0.493 e. The summed E-state index contributed by atoms with van der Waals surface area (Å²) < 4.78 is 17.1. The summed E-state index contributed by atoms with van der Waals surface area (Å²) in [6.45, 7) is 5.93. The van der Waals surface area contributed by atoms with Gasteiger partial charge in [0.15, 0.2) is 23.0 Å². The summed E-state index contributed by atoms with van der Waals surface area (Å²) in [5, 5.41) is 17.1. The molecule has 0 bridgehead atoms. The smallest absolute Gasteiger partial charge is 0.311 e. The standard InChI is InChI=1S/C31H33Cl2N5O5.BrH/c1-3-42-29-19-24(9-10-27(29)38(39)40)36-13-15-37(16-14-36)31(34-12-11-21-7-8-23(32)18-26(21)33)35-20-25-17-22-5-4-6-28(41-2)30(22)43-25;/h4-10,17-19H,3,11-16,20H2,1-2H3,(H,34,35);1H. The predicted octanol–water partition coefficient (Wildman–Crippen LogP) is 7.14. The first-order valence-electron chi connectivity index (χ1n) is 14.0. The van der Waals surface area contributed by atoms with Gasteiger partial charge in [-0.25, -0.2) is 4.99 Å². The third-order valence-electron chi connectivity index (χ3n) is 7.24. The first-order valence-corrected chi connectivity index (χ1v) is 14.8. The van der Waals surface area contributed by atoms with E-state index in [0.29, 0.717) is 73.7 Å². The SMILES string of the molecule is Br.CCOc1cc(N2CCN(C(=NCc3cc4cccc(OC)c4o3)NCCc3ccc(Cl)cc3Cl)CC2)ccc1[N+](=O)[O-]. The Labute approximate surface area is 276 Å². The van der Waals surface area contributed by atoms with E-state index >= 15 is 0 Å². The molecule has 1 aliphatic heterocycles. The lowest BCUT2D eigenvalue weighted by molar-refractivity contribution is -0.385. The van der Waals surface area contributed by atoms with Crippen molar-refractivity contribution in [3.05, 3.63) is 92.1 Å². The van der Waals surface area contributed by atoms with Crippen molar-refractivity contribution in [3.8, 4) is 11.5 Å². The number of methoxy groups -OCH3 is 1. The lowest BCUT2D eigenvalue weighted by Crippen LogP contribution is -2.52. The summed E-state index contributed by atoms with van der Waals surface area (Å²) in [6.07, 6.45) is 0.694. The van der Waals surface area contributed by atoms with Crippen LogP contribution in [0.3, 0.4) is 0 Å². The van der Waals surface area contributed by atoms with E-state index in [1.165, 1.54) is 6.07 Å². The molecule has 1 saturated heterocycles. The first-order chi connectivity index (χ1) is 20.9. The number of anilines is 1. The number of aliphatic imine (C=N–C) groups is 1. The van der Waals surface area contributed by atoms with Crippen LogP contribution in [-0.4, -0.2) is 62.2 Å². The predicted molar refractivity (Wildman–Crippen MR) is 180 cm³/mol. The third-order valence-corrected chi connectivity index (χ3v) is 7.83. The lowest BCUT2D eigenvalue weighted by Gasteiger charge is -2.37. The number of nitrogens with one attached hydrogen (secondary N) is 1. The summed E-state index contributed by atoms with van der Waals surface area (Å²) in [5.41, 5.74) is 2.54. The second-order valence-corrected chi connectivity index (χ2v) is 10.8. The monoisotopic (exact) mass is 705 g/mol. The third kappa shape index (κ3) is 7.88. The molecule has 4 aromatic rings. The number of nitro groups is 1. The maximum absolute atomic E-state index is 11.4. The topological polar surface area (TPSA) is 106 Å². The van der Waals surface area contributed by atoms with Gasteiger partial charge in [0.2, 0.25) is 0 Å². The number of ether oxygens (including phenoxy) is 2. The highest BCUT2D eigenvalue weighted by molar-refractivity contribution is 8.93. The number of furan rings is 1. The molecule has 13 heteroatoms. The Bertz CT molecular complexity index is 1620. The zero-order chi connectivity index (χ0) is 30.3. The van der Waals surface area contributed by atoms with Crippen LogP contribution in [0.2, 0.25) is 10.0 Å². The number of piperazine rings is 1. The molecule has 0 aliphatic carbocycles. The number of halogens is 3. The Morgan fingerprint density at radius 1 is 1.07 bits per heavy atom. The van der Waals surface area contributed by atoms with Crippen LogP contribution < -0.4 is 19.7 Å². The van der Waals surface area contributed by atoms with Crippen molar-refractivity contribution < 1.29 is 18.8 Å². The van der Waals surface area contributed by atoms with E-state index in [0.717, 1.165) is 28.4 Å². The molecule has 44 heavy (non-hydrogen) atoms. The van der Waals surface area contributed by atoms with Crippen molar-refractivity contribution >= 4 is 68.5 Å². The summed E-state index contributed by atoms with van der Waals surface area (Å²) in [7, 11) is 1.62. The average Bonchev–Trinajstić information content (AvgIpc) is 3.43. The molecule has 0 unspecified atom stereocenters. The lowest BCUT2D eigenvalue weighted by atomic mass is 10.1. The van der Waals surface area contributed by atoms with E-state index < -0.39 is 4.92 Å². The van der Waals surface area contributed by atoms with E-state index in [4.69, 9.17) is 42.1 Å². The molecule has 1 aromatic heterocycles. The molecule has 1 N–H and O–H groups in total. The Morgan fingerprint density at radius 3 is 2.57 bits per heavy atom. The zero-order valence-electron chi connectivity index (χ0n) is 24.4. The van der Waals surface area contributed by atoms with Gasteiger partial charge in [-0.2, -0.15) is 0 Å². The summed E-state index contributed by atoms with van der Waals surface area (Å²) in [6, 6.07) is 18.3. The van der Waals surface area contributed by atoms with Gasteiger partial charge in [-0.1, -0.05) is 41.4 Å². The zero-order valence-corrected chi connectivity index (χ0v) is 27.6. The van der Waals surface area contributed by atoms with Gasteiger partial charge >= 0.3 is 5.69 Å². The highest BCUT2D eigenvalue weighted by Crippen LogP contribution is 2.32. The van der Waals surface area contributed by atoms with Crippen molar-refractivity contribution in [2.24, 2.45) is 4.99 Å². The van der Waals surface area contributed by atoms with E-state index in [1.807, 2.05) is 43.3 Å². The van der Waals surface area contributed by atoms with Gasteiger partial charge in [0, 0.05) is 66.0 Å². The minimum Gasteiger partial charge on any atom is -0.493 e. The fourth-order valence-corrected chi connectivity index (χ4v) is 5.58. The minimum absolute atomic E-state index is 0. The average molecular weight is 707 g/mol. The van der Waals surface area contributed by atoms with Crippen molar-refractivity contribution in [1.82, 2.24) is 10.2 Å². The van der Waals surface area contributed by atoms with Crippen molar-refractivity contribution in [2.45, 2.75) is 19.9 Å². The molecule has 0 spiro atoms. The van der Waals surface area contributed by atoms with Crippen LogP contribution >= 0.6 is 40.2 Å². The molecular weight excluding hydrogens is 673 g/mol. The van der Waals surface area contributed by atoms with Gasteiger partial charge in [0.1, 0.15) is 12.3 Å². The quantitative estimate of drug-likeness (QED) is 0.0803. The first kappa shape index (κ1) is 33.2. The van der Waals surface area contributed by atoms with Gasteiger partial charge in [0.25, 0.3) is 0 Å². The van der Waals surface area contributed by atoms with Crippen LogP contribution in [0.25, 0.3) is 11.0 Å². The highest BCUT2D eigenvalue weighted by atomic mass is 79.9. The van der Waals surface area contributed by atoms with Crippen LogP contribution in [0, 0.1) is 10.1 Å². The summed E-state index contributed by atoms with van der Waals surface area (Å²) in [4.78, 5) is 20.3. The number of nitro benzene ring substituents is 1. The van der Waals surface area contributed by atoms with Crippen molar-refractivity contribution in [2.75, 3.05) is 51.3 Å². The Balaban J connectivity index is 0.00000442. The molecular formula is C31H34BrCl2N5O5. The number of fused-ring (bicyclic) bond motifs is 1. The number of hydrogen-bond donors (Lipinski definition) is 1. The fraction of sp³-hybridized carbons (Fsp3) is 0.323. The van der Waals surface area contributed by atoms with Crippen LogP contribution in [0.1, 0.15) is 18.2 Å². The van der Waals surface area contributed by atoms with Gasteiger partial charge in [0.05, 0.1) is 18.6 Å². The van der Waals surface area contributed by atoms with Gasteiger partial charge < -0.3 is 29.0 Å². The van der Waals surface area contributed by atoms with Crippen LogP contribution in [0.15, 0.2) is 70.1 Å². The molecule has 0 saturated carbocycles. The van der Waals surface area contributed by atoms with E-state index in [2.05, 4.69) is 15.1 Å². The molecule has 0 amide bonds. The molecule has 2 heterocycles. The minimum atomic E-state index is -0.420. The molecule has 0 atom stereocenters. The Morgan fingerprint density at radius 2 is 1.86 bits per heavy atom. The van der Waals surface area contributed by atoms with Crippen LogP contribution in [0.5, 0.6) is 11.5 Å². The number of hydrogen-bond acceptors (Lipinski definition) is 7. The van der Waals surface area contributed by atoms with Crippen molar-refractivity contribution in [1.29, 1.82) is 0 Å². The van der Waals surface area contributed by atoms with E-state index in [9.17, 15) is 10.1 Å². The fourth-order valence-electron chi connectivity index (χ4n) is 5.08. The molecule has 3 aromatic carbocycles. The highest BCUT2D eigenvalue weighted by Gasteiger charge is 2.23. The second-order valence-electron chi connectivity index (χ2n) is 9.96. The van der Waals surface area contributed by atoms with Gasteiger partial charge in [-0.3, -0.25) is 10.1 Å². The van der Waals surface area contributed by atoms with Gasteiger partial charge in [-0.05, 0) is 49.2 Å². The van der Waals surface area contributed by atoms with Crippen LogP contribution in [0.4, 0.5) is 11.4 Å². The maximum Gasteiger partial charge on any atom is 0.311 e. The number of benzene rings is 3. The molecule has 1 fully saturated rings. The number of para-hydroxylation sites is 1. The Hall–Kier alpha value is -3.67. The maximum atomic E-state index is 11.4. The molecule has 0 radical (unpaired) electrons. The summed E-state index contributed by atoms with van der Waals surface area (Å²) >= 11 is 12.5. The summed E-state index contributed by atoms with van der Waals surface area (Å²) in [5.74, 6) is 2.45. The number of guanidine groups is 1. The second kappa shape index (κ2) is 15.4. The normalized spacial score (nSPS) is 13.5. The molecule has 5 rings (SSSR count). The van der Waals surface area contributed by atoms with Crippen molar-refractivity contribution in [3.63, 3.8) is 0 Å². The van der Waals surface area contributed by atoms with E-state index in [-0.39, 0.29) is 28.4 Å². The van der Waals surface area contributed by atoms with E-state index in [1.54, 1.807) is 25.3 Å². The molecule has 10 nitrogen and oxygen atoms in total. The number of nitrogens with zero attached hydrogens (tertiary/aromatic N) is 4.